The van der Waals surface area contributed by atoms with Crippen molar-refractivity contribution in [3.8, 4) is 0 Å². The molecular weight excluding hydrogens is 396 g/mol. The fraction of sp³-hybridized carbons (Fsp3) is 0.611. The highest BCUT2D eigenvalue weighted by Crippen LogP contribution is 2.32. The first kappa shape index (κ1) is 19.2. The first-order chi connectivity index (χ1) is 13.1. The highest BCUT2D eigenvalue weighted by Gasteiger charge is 2.36. The number of oxazole rings is 1. The minimum Gasteiger partial charge on any atom is -0.450 e. The molecule has 2 aromatic rings. The molecule has 27 heavy (non-hydrogen) atoms. The van der Waals surface area contributed by atoms with E-state index in [-0.39, 0.29) is 11.8 Å². The van der Waals surface area contributed by atoms with Crippen LogP contribution in [0.2, 0.25) is 18.6 Å². The van der Waals surface area contributed by atoms with Crippen LogP contribution in [-0.2, 0) is 10.5 Å². The van der Waals surface area contributed by atoms with E-state index in [1.54, 1.807) is 11.8 Å². The van der Waals surface area contributed by atoms with Gasteiger partial charge in [-0.05, 0) is 25.9 Å². The zero-order valence-corrected chi connectivity index (χ0v) is 18.3. The monoisotopic (exact) mass is 422 g/mol. The molecule has 0 spiro atoms. The summed E-state index contributed by atoms with van der Waals surface area (Å²) in [4.78, 5) is 21.2. The molecule has 1 amide bonds. The highest BCUT2D eigenvalue weighted by atomic mass is 32.2. The van der Waals surface area contributed by atoms with Crippen LogP contribution in [0.1, 0.15) is 31.6 Å². The summed E-state index contributed by atoms with van der Waals surface area (Å²) in [6, 6.07) is 2.65. The molecule has 0 saturated carbocycles. The van der Waals surface area contributed by atoms with Crippen LogP contribution in [0, 0.1) is 5.92 Å². The number of hydrogen-bond acceptors (Lipinski definition) is 7. The summed E-state index contributed by atoms with van der Waals surface area (Å²) in [6.45, 7) is 4.24. The van der Waals surface area contributed by atoms with Crippen LogP contribution >= 0.6 is 23.1 Å². The van der Waals surface area contributed by atoms with Gasteiger partial charge in [-0.1, -0.05) is 42.8 Å². The van der Waals surface area contributed by atoms with Crippen molar-refractivity contribution >= 4 is 47.6 Å². The van der Waals surface area contributed by atoms with E-state index in [9.17, 15) is 4.79 Å². The first-order valence-corrected chi connectivity index (χ1v) is 14.4. The standard InChI is InChI=1S/C18H26N4O2S2Si/c1-27(8-2-3-9-27)15-10-20-14(24-15)12-25-16-11-21-18(26-16)22-17(23)13-4-6-19-7-5-13/h10-11,13,19H,2-9,12H2,1H3,(H,21,22,23). The number of aromatic nitrogens is 2. The molecule has 0 atom stereocenters. The number of nitrogens with zero attached hydrogens (tertiary/aromatic N) is 2. The van der Waals surface area contributed by atoms with E-state index in [0.717, 1.165) is 41.4 Å². The van der Waals surface area contributed by atoms with Crippen molar-refractivity contribution in [3.05, 3.63) is 18.3 Å². The van der Waals surface area contributed by atoms with Gasteiger partial charge in [0.1, 0.15) is 13.5 Å². The van der Waals surface area contributed by atoms with Crippen LogP contribution in [0.5, 0.6) is 0 Å². The summed E-state index contributed by atoms with van der Waals surface area (Å²) < 4.78 is 7.15. The predicted octanol–water partition coefficient (Wildman–Crippen LogP) is 3.44. The summed E-state index contributed by atoms with van der Waals surface area (Å²) in [5.41, 5.74) is 0. The number of anilines is 1. The van der Waals surface area contributed by atoms with Gasteiger partial charge in [-0.3, -0.25) is 4.79 Å². The lowest BCUT2D eigenvalue weighted by Gasteiger charge is -2.20. The maximum absolute atomic E-state index is 12.3. The number of nitrogens with one attached hydrogen (secondary N) is 2. The van der Waals surface area contributed by atoms with E-state index in [1.165, 1.54) is 36.3 Å². The van der Waals surface area contributed by atoms with Gasteiger partial charge in [0.15, 0.2) is 5.13 Å². The number of rotatable bonds is 6. The molecule has 4 heterocycles. The second kappa shape index (κ2) is 8.46. The van der Waals surface area contributed by atoms with E-state index >= 15 is 0 Å². The molecule has 0 aliphatic carbocycles. The maximum Gasteiger partial charge on any atom is 0.229 e. The van der Waals surface area contributed by atoms with Crippen molar-refractivity contribution in [2.45, 2.75) is 54.3 Å². The molecule has 6 nitrogen and oxygen atoms in total. The smallest absolute Gasteiger partial charge is 0.229 e. The Kier molecular flexibility index (Phi) is 6.01. The lowest BCUT2D eigenvalue weighted by Crippen LogP contribution is -2.40. The van der Waals surface area contributed by atoms with Crippen molar-refractivity contribution in [2.75, 3.05) is 18.4 Å². The summed E-state index contributed by atoms with van der Waals surface area (Å²) in [5, 5.41) is 8.10. The third-order valence-electron chi connectivity index (χ3n) is 5.62. The van der Waals surface area contributed by atoms with Gasteiger partial charge < -0.3 is 15.1 Å². The van der Waals surface area contributed by atoms with Gasteiger partial charge in [-0.25, -0.2) is 9.97 Å². The zero-order chi connectivity index (χ0) is 18.7. The average molecular weight is 423 g/mol. The Morgan fingerprint density at radius 2 is 2.11 bits per heavy atom. The molecule has 0 unspecified atom stereocenters. The van der Waals surface area contributed by atoms with Crippen molar-refractivity contribution in [1.29, 1.82) is 0 Å². The SMILES string of the molecule is C[Si]1(c2cnc(CSc3cnc(NC(=O)C4CCNCC4)s3)o2)CCCC1. The third kappa shape index (κ3) is 4.64. The molecule has 2 N–H and O–H groups in total. The van der Waals surface area contributed by atoms with E-state index < -0.39 is 8.07 Å². The van der Waals surface area contributed by atoms with Crippen molar-refractivity contribution < 1.29 is 9.21 Å². The molecule has 0 radical (unpaired) electrons. The van der Waals surface area contributed by atoms with Crippen LogP contribution in [0.4, 0.5) is 5.13 Å². The third-order valence-corrected chi connectivity index (χ3v) is 12.0. The fourth-order valence-corrected chi connectivity index (χ4v) is 9.14. The molecule has 2 aliphatic rings. The van der Waals surface area contributed by atoms with Crippen molar-refractivity contribution in [3.63, 3.8) is 0 Å². The summed E-state index contributed by atoms with van der Waals surface area (Å²) in [7, 11) is -1.38. The number of piperidine rings is 1. The van der Waals surface area contributed by atoms with Gasteiger partial charge in [0, 0.05) is 5.92 Å². The Morgan fingerprint density at radius 3 is 2.89 bits per heavy atom. The molecule has 9 heteroatoms. The second-order valence-electron chi connectivity index (χ2n) is 7.67. The van der Waals surface area contributed by atoms with E-state index in [2.05, 4.69) is 27.1 Å². The number of thiazole rings is 1. The van der Waals surface area contributed by atoms with Crippen LogP contribution in [0.15, 0.2) is 21.0 Å². The molecule has 2 saturated heterocycles. The van der Waals surface area contributed by atoms with Gasteiger partial charge in [0.25, 0.3) is 0 Å². The summed E-state index contributed by atoms with van der Waals surface area (Å²) in [6.07, 6.45) is 8.25. The molecule has 2 aromatic heterocycles. The molecule has 0 aromatic carbocycles. The molecule has 0 bridgehead atoms. The van der Waals surface area contributed by atoms with Gasteiger partial charge in [-0.2, -0.15) is 0 Å². The van der Waals surface area contributed by atoms with E-state index in [1.807, 2.05) is 12.4 Å². The lowest BCUT2D eigenvalue weighted by molar-refractivity contribution is -0.120. The molecule has 4 rings (SSSR count). The van der Waals surface area contributed by atoms with Gasteiger partial charge >= 0.3 is 0 Å². The van der Waals surface area contributed by atoms with Crippen LogP contribution in [0.25, 0.3) is 0 Å². The lowest BCUT2D eigenvalue weighted by atomic mass is 9.97. The number of thioether (sulfide) groups is 1. The Bertz CT molecular complexity index is 782. The molecule has 146 valence electrons. The van der Waals surface area contributed by atoms with Gasteiger partial charge in [-0.15, -0.1) is 11.8 Å². The van der Waals surface area contributed by atoms with E-state index in [0.29, 0.717) is 10.9 Å². The Hall–Kier alpha value is -1.16. The van der Waals surface area contributed by atoms with Gasteiger partial charge in [0.05, 0.1) is 22.4 Å². The van der Waals surface area contributed by atoms with Crippen molar-refractivity contribution in [2.24, 2.45) is 5.92 Å². The quantitative estimate of drug-likeness (QED) is 0.548. The minimum absolute atomic E-state index is 0.0921. The summed E-state index contributed by atoms with van der Waals surface area (Å²) >= 11 is 3.19. The molecular formula is C18H26N4O2S2Si. The number of hydrogen-bond donors (Lipinski definition) is 2. The molecule has 2 fully saturated rings. The number of carbonyl (C=O) groups is 1. The topological polar surface area (TPSA) is 80.0 Å². The van der Waals surface area contributed by atoms with Crippen LogP contribution in [0.3, 0.4) is 0 Å². The summed E-state index contributed by atoms with van der Waals surface area (Å²) in [5.74, 6) is 1.69. The Balaban J connectivity index is 1.29. The van der Waals surface area contributed by atoms with Crippen LogP contribution < -0.4 is 16.0 Å². The van der Waals surface area contributed by atoms with E-state index in [4.69, 9.17) is 4.42 Å². The number of amides is 1. The Morgan fingerprint density at radius 1 is 1.33 bits per heavy atom. The maximum atomic E-state index is 12.3. The van der Waals surface area contributed by atoms with Crippen molar-refractivity contribution in [1.82, 2.24) is 15.3 Å². The Labute approximate surface area is 168 Å². The van der Waals surface area contributed by atoms with Gasteiger partial charge in [0.2, 0.25) is 11.8 Å². The fourth-order valence-electron chi connectivity index (χ4n) is 3.87. The second-order valence-corrected chi connectivity index (χ2v) is 14.6. The minimum atomic E-state index is -1.38. The average Bonchev–Trinajstić information content (AvgIpc) is 3.42. The molecule has 2 aliphatic heterocycles. The predicted molar refractivity (Wildman–Crippen MR) is 113 cm³/mol. The van der Waals surface area contributed by atoms with Crippen LogP contribution in [-0.4, -0.2) is 37.0 Å². The number of carbonyl (C=O) groups excluding carboxylic acids is 1. The largest absolute Gasteiger partial charge is 0.450 e. The zero-order valence-electron chi connectivity index (χ0n) is 15.6. The highest BCUT2D eigenvalue weighted by molar-refractivity contribution is 8.00. The first-order valence-electron chi connectivity index (χ1n) is 9.68. The normalized spacial score (nSPS) is 20.0.